The largest absolute Gasteiger partial charge is 0.492 e. The van der Waals surface area contributed by atoms with Gasteiger partial charge >= 0.3 is 0 Å². The SMILES string of the molecule is CC(C=CCC(C)(C)C)=CCOc1ccc2c(c1)OCC2(C)C. The van der Waals surface area contributed by atoms with Crippen molar-refractivity contribution in [2.75, 3.05) is 13.2 Å². The number of allylic oxidation sites excluding steroid dienone is 3. The fourth-order valence-electron chi connectivity index (χ4n) is 2.54. The van der Waals surface area contributed by atoms with Crippen LogP contribution in [0.5, 0.6) is 11.5 Å². The summed E-state index contributed by atoms with van der Waals surface area (Å²) in [5, 5.41) is 0. The van der Waals surface area contributed by atoms with Crippen molar-refractivity contribution in [1.29, 1.82) is 0 Å². The van der Waals surface area contributed by atoms with Crippen molar-refractivity contribution in [1.82, 2.24) is 0 Å². The van der Waals surface area contributed by atoms with Crippen LogP contribution in [0.4, 0.5) is 0 Å². The highest BCUT2D eigenvalue weighted by atomic mass is 16.5. The number of ether oxygens (including phenoxy) is 2. The lowest BCUT2D eigenvalue weighted by Gasteiger charge is -2.15. The van der Waals surface area contributed by atoms with Crippen LogP contribution in [0.2, 0.25) is 0 Å². The van der Waals surface area contributed by atoms with Gasteiger partial charge in [-0.25, -0.2) is 0 Å². The highest BCUT2D eigenvalue weighted by Crippen LogP contribution is 2.40. The average Bonchev–Trinajstić information content (AvgIpc) is 2.73. The van der Waals surface area contributed by atoms with E-state index in [1.807, 2.05) is 12.1 Å². The Morgan fingerprint density at radius 2 is 2.04 bits per heavy atom. The lowest BCUT2D eigenvalue weighted by molar-refractivity contribution is 0.289. The Morgan fingerprint density at radius 1 is 1.30 bits per heavy atom. The molecule has 2 nitrogen and oxygen atoms in total. The van der Waals surface area contributed by atoms with Gasteiger partial charge in [-0.1, -0.05) is 58.4 Å². The molecule has 1 aromatic carbocycles. The van der Waals surface area contributed by atoms with Crippen molar-refractivity contribution >= 4 is 0 Å². The van der Waals surface area contributed by atoms with E-state index in [0.29, 0.717) is 12.0 Å². The summed E-state index contributed by atoms with van der Waals surface area (Å²) in [5.41, 5.74) is 2.93. The number of rotatable bonds is 5. The van der Waals surface area contributed by atoms with E-state index in [0.717, 1.165) is 24.5 Å². The Morgan fingerprint density at radius 3 is 2.74 bits per heavy atom. The van der Waals surface area contributed by atoms with E-state index in [9.17, 15) is 0 Å². The minimum absolute atomic E-state index is 0.0994. The molecule has 0 saturated heterocycles. The second-order valence-electron chi connectivity index (χ2n) is 8.26. The summed E-state index contributed by atoms with van der Waals surface area (Å²) >= 11 is 0. The van der Waals surface area contributed by atoms with Gasteiger partial charge in [0.25, 0.3) is 0 Å². The van der Waals surface area contributed by atoms with Gasteiger partial charge < -0.3 is 9.47 Å². The highest BCUT2D eigenvalue weighted by molar-refractivity contribution is 5.47. The van der Waals surface area contributed by atoms with E-state index >= 15 is 0 Å². The highest BCUT2D eigenvalue weighted by Gasteiger charge is 2.31. The van der Waals surface area contributed by atoms with Gasteiger partial charge in [-0.3, -0.25) is 0 Å². The van der Waals surface area contributed by atoms with Crippen LogP contribution in [0.15, 0.2) is 42.0 Å². The second-order valence-corrected chi connectivity index (χ2v) is 8.26. The predicted octanol–water partition coefficient (Wildman–Crippen LogP) is 5.67. The molecule has 0 unspecified atom stereocenters. The number of fused-ring (bicyclic) bond motifs is 1. The van der Waals surface area contributed by atoms with Crippen molar-refractivity contribution in [3.8, 4) is 11.5 Å². The van der Waals surface area contributed by atoms with Gasteiger partial charge in [-0.05, 0) is 30.9 Å². The first-order valence-electron chi connectivity index (χ1n) is 8.41. The molecule has 0 spiro atoms. The lowest BCUT2D eigenvalue weighted by Crippen LogP contribution is -2.18. The maximum absolute atomic E-state index is 5.83. The van der Waals surface area contributed by atoms with Crippen molar-refractivity contribution in [3.05, 3.63) is 47.6 Å². The topological polar surface area (TPSA) is 18.5 Å². The molecule has 0 amide bonds. The zero-order chi connectivity index (χ0) is 17.1. The first kappa shape index (κ1) is 17.7. The summed E-state index contributed by atoms with van der Waals surface area (Å²) in [4.78, 5) is 0. The van der Waals surface area contributed by atoms with Gasteiger partial charge in [0.2, 0.25) is 0 Å². The molecule has 0 atom stereocenters. The molecule has 0 radical (unpaired) electrons. The quantitative estimate of drug-likeness (QED) is 0.651. The van der Waals surface area contributed by atoms with Crippen molar-refractivity contribution in [3.63, 3.8) is 0 Å². The molecule has 1 aliphatic rings. The number of benzene rings is 1. The Labute approximate surface area is 141 Å². The van der Waals surface area contributed by atoms with Gasteiger partial charge in [0, 0.05) is 17.0 Å². The van der Waals surface area contributed by atoms with E-state index in [1.54, 1.807) is 0 Å². The van der Waals surface area contributed by atoms with Crippen molar-refractivity contribution in [2.24, 2.45) is 5.41 Å². The molecule has 1 aromatic rings. The normalized spacial score (nSPS) is 17.2. The third kappa shape index (κ3) is 5.16. The molecule has 0 saturated carbocycles. The average molecular weight is 314 g/mol. The van der Waals surface area contributed by atoms with Gasteiger partial charge in [0.15, 0.2) is 0 Å². The van der Waals surface area contributed by atoms with Crippen LogP contribution in [-0.4, -0.2) is 13.2 Å². The van der Waals surface area contributed by atoms with Crippen LogP contribution >= 0.6 is 0 Å². The molecule has 0 aromatic heterocycles. The molecule has 0 bridgehead atoms. The molecular weight excluding hydrogens is 284 g/mol. The Bertz CT molecular complexity index is 601. The minimum Gasteiger partial charge on any atom is -0.492 e. The van der Waals surface area contributed by atoms with Crippen LogP contribution in [-0.2, 0) is 5.41 Å². The standard InChI is InChI=1S/C21H30O2/c1-16(8-7-12-20(2,3)4)11-13-22-17-9-10-18-19(14-17)23-15-21(18,5)6/h7-11,14H,12-13,15H2,1-6H3. The first-order chi connectivity index (χ1) is 10.7. The molecule has 1 aliphatic heterocycles. The molecule has 2 heteroatoms. The Kier molecular flexibility index (Phi) is 5.23. The second kappa shape index (κ2) is 6.82. The molecule has 0 fully saturated rings. The first-order valence-corrected chi connectivity index (χ1v) is 8.41. The summed E-state index contributed by atoms with van der Waals surface area (Å²) in [5.74, 6) is 1.82. The van der Waals surface area contributed by atoms with Gasteiger partial charge in [0.1, 0.15) is 18.1 Å². The smallest absolute Gasteiger partial charge is 0.126 e. The molecule has 1 heterocycles. The minimum atomic E-state index is 0.0994. The zero-order valence-electron chi connectivity index (χ0n) is 15.4. The van der Waals surface area contributed by atoms with Crippen LogP contribution in [0.3, 0.4) is 0 Å². The van der Waals surface area contributed by atoms with Crippen molar-refractivity contribution in [2.45, 2.75) is 53.4 Å². The predicted molar refractivity (Wildman–Crippen MR) is 97.4 cm³/mol. The third-order valence-corrected chi connectivity index (χ3v) is 4.04. The molecular formula is C21H30O2. The molecule has 2 rings (SSSR count). The van der Waals surface area contributed by atoms with Gasteiger partial charge in [-0.2, -0.15) is 0 Å². The van der Waals surface area contributed by atoms with Gasteiger partial charge in [-0.15, -0.1) is 0 Å². The van der Waals surface area contributed by atoms with Crippen molar-refractivity contribution < 1.29 is 9.47 Å². The molecule has 0 aliphatic carbocycles. The Hall–Kier alpha value is -1.70. The monoisotopic (exact) mass is 314 g/mol. The maximum atomic E-state index is 5.83. The van der Waals surface area contributed by atoms with Crippen LogP contribution in [0.25, 0.3) is 0 Å². The molecule has 126 valence electrons. The fourth-order valence-corrected chi connectivity index (χ4v) is 2.54. The van der Waals surface area contributed by atoms with Crippen LogP contribution in [0, 0.1) is 5.41 Å². The summed E-state index contributed by atoms with van der Waals surface area (Å²) in [6.45, 7) is 14.6. The summed E-state index contributed by atoms with van der Waals surface area (Å²) in [7, 11) is 0. The fraction of sp³-hybridized carbons (Fsp3) is 0.524. The Balaban J connectivity index is 1.88. The molecule has 23 heavy (non-hydrogen) atoms. The van der Waals surface area contributed by atoms with Crippen LogP contribution < -0.4 is 9.47 Å². The zero-order valence-corrected chi connectivity index (χ0v) is 15.4. The number of hydrogen-bond acceptors (Lipinski definition) is 2. The lowest BCUT2D eigenvalue weighted by atomic mass is 9.87. The van der Waals surface area contributed by atoms with E-state index in [1.165, 1.54) is 11.1 Å². The van der Waals surface area contributed by atoms with E-state index in [4.69, 9.17) is 9.47 Å². The molecule has 0 N–H and O–H groups in total. The van der Waals surface area contributed by atoms with Crippen LogP contribution in [0.1, 0.15) is 53.5 Å². The summed E-state index contributed by atoms with van der Waals surface area (Å²) in [6, 6.07) is 6.16. The van der Waals surface area contributed by atoms with E-state index in [2.05, 4.69) is 65.8 Å². The summed E-state index contributed by atoms with van der Waals surface area (Å²) in [6.07, 6.45) is 7.59. The van der Waals surface area contributed by atoms with E-state index < -0.39 is 0 Å². The maximum Gasteiger partial charge on any atom is 0.126 e. The third-order valence-electron chi connectivity index (χ3n) is 4.04. The van der Waals surface area contributed by atoms with Gasteiger partial charge in [0.05, 0.1) is 6.61 Å². The summed E-state index contributed by atoms with van der Waals surface area (Å²) < 4.78 is 11.6. The number of hydrogen-bond donors (Lipinski definition) is 0. The van der Waals surface area contributed by atoms with E-state index in [-0.39, 0.29) is 5.41 Å².